The Morgan fingerprint density at radius 3 is 2.84 bits per heavy atom. The number of hydrogen-bond donors (Lipinski definition) is 2. The quantitative estimate of drug-likeness (QED) is 0.379. The number of rotatable bonds is 4. The Hall–Kier alpha value is -2.28. The number of nitrogens with one attached hydrogen (secondary N) is 2. The first-order chi connectivity index (χ1) is 8.95. The topological polar surface area (TPSA) is 84.3 Å². The molecule has 0 bridgehead atoms. The minimum Gasteiger partial charge on any atom is -0.359 e. The largest absolute Gasteiger partial charge is 0.359 e. The van der Waals surface area contributed by atoms with E-state index in [0.717, 1.165) is 0 Å². The van der Waals surface area contributed by atoms with Crippen molar-refractivity contribution in [2.24, 2.45) is 0 Å². The zero-order valence-corrected chi connectivity index (χ0v) is 11.1. The van der Waals surface area contributed by atoms with Crippen molar-refractivity contribution in [2.45, 2.75) is 6.92 Å². The first-order valence-electron chi connectivity index (χ1n) is 5.41. The number of amides is 1. The van der Waals surface area contributed by atoms with Crippen molar-refractivity contribution in [1.29, 1.82) is 0 Å². The minimum atomic E-state index is -0.527. The van der Waals surface area contributed by atoms with Crippen LogP contribution in [0.4, 0.5) is 5.69 Å². The van der Waals surface area contributed by atoms with Gasteiger partial charge in [0, 0.05) is 23.7 Å². The van der Waals surface area contributed by atoms with Gasteiger partial charge in [0.1, 0.15) is 0 Å². The van der Waals surface area contributed by atoms with Gasteiger partial charge in [0.2, 0.25) is 0 Å². The van der Waals surface area contributed by atoms with Crippen molar-refractivity contribution in [2.75, 3.05) is 6.54 Å². The van der Waals surface area contributed by atoms with Crippen LogP contribution in [0.15, 0.2) is 30.9 Å². The maximum atomic E-state index is 11.8. The number of thiocarbonyl (C=S) groups is 1. The highest BCUT2D eigenvalue weighted by Gasteiger charge is 2.15. The maximum Gasteiger partial charge on any atom is 0.273 e. The molecule has 1 aromatic carbocycles. The lowest BCUT2D eigenvalue weighted by atomic mass is 10.1. The Kier molecular flexibility index (Phi) is 5.13. The Morgan fingerprint density at radius 2 is 2.26 bits per heavy atom. The molecule has 0 aliphatic heterocycles. The van der Waals surface area contributed by atoms with E-state index >= 15 is 0 Å². The van der Waals surface area contributed by atoms with Crippen LogP contribution >= 0.6 is 12.2 Å². The van der Waals surface area contributed by atoms with Gasteiger partial charge in [-0.25, -0.2) is 0 Å². The van der Waals surface area contributed by atoms with Crippen LogP contribution in [-0.4, -0.2) is 22.5 Å². The van der Waals surface area contributed by atoms with E-state index in [9.17, 15) is 14.9 Å². The number of nitro benzene ring substituents is 1. The number of benzene rings is 1. The molecule has 0 radical (unpaired) electrons. The van der Waals surface area contributed by atoms with Crippen molar-refractivity contribution in [1.82, 2.24) is 10.6 Å². The molecular weight excluding hydrogens is 266 g/mol. The van der Waals surface area contributed by atoms with Crippen LogP contribution in [0.25, 0.3) is 0 Å². The molecule has 0 aliphatic carbocycles. The van der Waals surface area contributed by atoms with Gasteiger partial charge in [-0.05, 0) is 25.2 Å². The molecule has 100 valence electrons. The minimum absolute atomic E-state index is 0.0994. The molecule has 7 heteroatoms. The summed E-state index contributed by atoms with van der Waals surface area (Å²) in [6, 6.07) is 4.25. The van der Waals surface area contributed by atoms with Gasteiger partial charge >= 0.3 is 0 Å². The highest BCUT2D eigenvalue weighted by Crippen LogP contribution is 2.19. The van der Waals surface area contributed by atoms with Crippen molar-refractivity contribution >= 4 is 28.9 Å². The number of hydrogen-bond acceptors (Lipinski definition) is 4. The van der Waals surface area contributed by atoms with Crippen LogP contribution in [0.5, 0.6) is 0 Å². The highest BCUT2D eigenvalue weighted by atomic mass is 32.1. The lowest BCUT2D eigenvalue weighted by Crippen LogP contribution is -2.39. The number of aryl methyl sites for hydroxylation is 1. The van der Waals surface area contributed by atoms with Crippen LogP contribution in [0.2, 0.25) is 0 Å². The van der Waals surface area contributed by atoms with Crippen molar-refractivity contribution in [3.05, 3.63) is 52.1 Å². The molecule has 0 saturated carbocycles. The van der Waals surface area contributed by atoms with Crippen molar-refractivity contribution < 1.29 is 9.72 Å². The van der Waals surface area contributed by atoms with Gasteiger partial charge in [0.25, 0.3) is 11.6 Å². The van der Waals surface area contributed by atoms with Crippen molar-refractivity contribution in [3.63, 3.8) is 0 Å². The lowest BCUT2D eigenvalue weighted by molar-refractivity contribution is -0.385. The Balaban J connectivity index is 2.83. The normalized spacial score (nSPS) is 9.53. The standard InChI is InChI=1S/C12H13N3O3S/c1-3-6-13-12(19)14-11(16)9-5-4-8(2)10(7-9)15(17)18/h3-5,7H,1,6H2,2H3,(H2,13,14,16,19). The fourth-order valence-corrected chi connectivity index (χ4v) is 1.51. The number of carbonyl (C=O) groups is 1. The summed E-state index contributed by atoms with van der Waals surface area (Å²) in [6.07, 6.45) is 1.59. The SMILES string of the molecule is C=CCNC(=S)NC(=O)c1ccc(C)c([N+](=O)[O-])c1. The summed E-state index contributed by atoms with van der Waals surface area (Å²) >= 11 is 4.88. The summed E-state index contributed by atoms with van der Waals surface area (Å²) in [5, 5.41) is 16.1. The summed E-state index contributed by atoms with van der Waals surface area (Å²) < 4.78 is 0. The van der Waals surface area contributed by atoms with Gasteiger partial charge in [0.05, 0.1) is 4.92 Å². The van der Waals surface area contributed by atoms with E-state index in [1.54, 1.807) is 13.0 Å². The van der Waals surface area contributed by atoms with E-state index in [1.807, 2.05) is 0 Å². The molecule has 0 aliphatic rings. The average Bonchev–Trinajstić information content (AvgIpc) is 2.36. The van der Waals surface area contributed by atoms with Crippen LogP contribution in [0, 0.1) is 17.0 Å². The number of nitro groups is 1. The van der Waals surface area contributed by atoms with Gasteiger partial charge in [-0.2, -0.15) is 0 Å². The van der Waals surface area contributed by atoms with Crippen LogP contribution in [-0.2, 0) is 0 Å². The Labute approximate surface area is 115 Å². The van der Waals surface area contributed by atoms with Gasteiger partial charge in [-0.3, -0.25) is 20.2 Å². The van der Waals surface area contributed by atoms with Crippen LogP contribution in [0.3, 0.4) is 0 Å². The van der Waals surface area contributed by atoms with Gasteiger partial charge < -0.3 is 5.32 Å². The predicted octanol–water partition coefficient (Wildman–Crippen LogP) is 1.69. The molecule has 0 heterocycles. The zero-order chi connectivity index (χ0) is 14.4. The second-order valence-corrected chi connectivity index (χ2v) is 4.12. The van der Waals surface area contributed by atoms with Gasteiger partial charge in [0.15, 0.2) is 5.11 Å². The first kappa shape index (κ1) is 14.8. The molecule has 1 rings (SSSR count). The lowest BCUT2D eigenvalue weighted by Gasteiger charge is -2.08. The smallest absolute Gasteiger partial charge is 0.273 e. The molecular formula is C12H13N3O3S. The average molecular weight is 279 g/mol. The molecule has 1 amide bonds. The third kappa shape index (κ3) is 4.14. The molecule has 2 N–H and O–H groups in total. The number of nitrogens with zero attached hydrogens (tertiary/aromatic N) is 1. The maximum absolute atomic E-state index is 11.8. The Bertz CT molecular complexity index is 543. The summed E-state index contributed by atoms with van der Waals surface area (Å²) in [5.41, 5.74) is 0.576. The van der Waals surface area contributed by atoms with Gasteiger partial charge in [-0.1, -0.05) is 12.1 Å². The van der Waals surface area contributed by atoms with E-state index in [-0.39, 0.29) is 16.4 Å². The van der Waals surface area contributed by atoms with Crippen LogP contribution < -0.4 is 10.6 Å². The van der Waals surface area contributed by atoms with E-state index in [0.29, 0.717) is 12.1 Å². The molecule has 0 saturated heterocycles. The fourth-order valence-electron chi connectivity index (χ4n) is 1.33. The van der Waals surface area contributed by atoms with Crippen LogP contribution in [0.1, 0.15) is 15.9 Å². The Morgan fingerprint density at radius 1 is 1.58 bits per heavy atom. The van der Waals surface area contributed by atoms with Gasteiger partial charge in [-0.15, -0.1) is 6.58 Å². The molecule has 0 fully saturated rings. The summed E-state index contributed by atoms with van der Waals surface area (Å²) in [7, 11) is 0. The highest BCUT2D eigenvalue weighted by molar-refractivity contribution is 7.80. The summed E-state index contributed by atoms with van der Waals surface area (Å²) in [4.78, 5) is 22.1. The zero-order valence-electron chi connectivity index (χ0n) is 10.3. The third-order valence-corrected chi connectivity index (χ3v) is 2.55. The summed E-state index contributed by atoms with van der Waals surface area (Å²) in [5.74, 6) is -0.496. The third-order valence-electron chi connectivity index (χ3n) is 2.30. The monoisotopic (exact) mass is 279 g/mol. The van der Waals surface area contributed by atoms with Crippen molar-refractivity contribution in [3.8, 4) is 0 Å². The van der Waals surface area contributed by atoms with E-state index < -0.39 is 10.8 Å². The van der Waals surface area contributed by atoms with E-state index in [1.165, 1.54) is 18.2 Å². The molecule has 19 heavy (non-hydrogen) atoms. The summed E-state index contributed by atoms with van der Waals surface area (Å²) in [6.45, 7) is 5.53. The molecule has 0 unspecified atom stereocenters. The van der Waals surface area contributed by atoms with E-state index in [2.05, 4.69) is 17.2 Å². The molecule has 0 atom stereocenters. The number of carbonyl (C=O) groups excluding carboxylic acids is 1. The predicted molar refractivity (Wildman–Crippen MR) is 76.1 cm³/mol. The first-order valence-corrected chi connectivity index (χ1v) is 5.81. The molecule has 6 nitrogen and oxygen atoms in total. The molecule has 0 aromatic heterocycles. The molecule has 1 aromatic rings. The molecule has 0 spiro atoms. The second kappa shape index (κ2) is 6.60. The second-order valence-electron chi connectivity index (χ2n) is 3.71. The fraction of sp³-hybridized carbons (Fsp3) is 0.167. The van der Waals surface area contributed by atoms with E-state index in [4.69, 9.17) is 12.2 Å².